The van der Waals surface area contributed by atoms with Crippen molar-refractivity contribution in [3.05, 3.63) is 75.6 Å². The average molecular weight is 435 g/mol. The molecule has 158 valence electrons. The lowest BCUT2D eigenvalue weighted by atomic mass is 10.1. The minimum Gasteiger partial charge on any atom is -0.495 e. The number of rotatable bonds is 6. The van der Waals surface area contributed by atoms with Crippen molar-refractivity contribution in [3.8, 4) is 11.5 Å². The number of imide groups is 1. The number of benzene rings is 2. The van der Waals surface area contributed by atoms with Gasteiger partial charge in [-0.1, -0.05) is 18.2 Å². The zero-order valence-corrected chi connectivity index (χ0v) is 18.5. The average Bonchev–Trinajstić information content (AvgIpc) is 3.35. The number of thiophene rings is 1. The number of carbonyl (C=O) groups excluding carboxylic acids is 2. The number of nitrogens with zero attached hydrogens (tertiary/aromatic N) is 1. The third-order valence-electron chi connectivity index (χ3n) is 5.04. The van der Waals surface area contributed by atoms with Crippen LogP contribution in [0.5, 0.6) is 11.5 Å². The highest BCUT2D eigenvalue weighted by Gasteiger charge is 2.42. The van der Waals surface area contributed by atoms with Gasteiger partial charge in [0.05, 0.1) is 31.2 Å². The maximum atomic E-state index is 13.6. The largest absolute Gasteiger partial charge is 0.495 e. The van der Waals surface area contributed by atoms with Crippen LogP contribution in [0.4, 0.5) is 11.4 Å². The van der Waals surface area contributed by atoms with Crippen LogP contribution in [0.2, 0.25) is 0 Å². The lowest BCUT2D eigenvalue weighted by Gasteiger charge is -2.19. The molecule has 2 amide bonds. The summed E-state index contributed by atoms with van der Waals surface area (Å²) in [6, 6.07) is 14.7. The summed E-state index contributed by atoms with van der Waals surface area (Å²) in [7, 11) is 3.08. The van der Waals surface area contributed by atoms with E-state index in [9.17, 15) is 9.59 Å². The Morgan fingerprint density at radius 1 is 0.871 bits per heavy atom. The Morgan fingerprint density at radius 2 is 1.55 bits per heavy atom. The molecule has 6 nitrogen and oxygen atoms in total. The summed E-state index contributed by atoms with van der Waals surface area (Å²) in [4.78, 5) is 29.0. The summed E-state index contributed by atoms with van der Waals surface area (Å²) in [5.41, 5.74) is 3.48. The maximum Gasteiger partial charge on any atom is 0.282 e. The summed E-state index contributed by atoms with van der Waals surface area (Å²) in [6.45, 7) is 3.85. The minimum atomic E-state index is -0.444. The monoisotopic (exact) mass is 434 g/mol. The van der Waals surface area contributed by atoms with Gasteiger partial charge < -0.3 is 14.8 Å². The molecule has 4 rings (SSSR count). The number of ether oxygens (including phenoxy) is 2. The van der Waals surface area contributed by atoms with Gasteiger partial charge in [0.15, 0.2) is 0 Å². The van der Waals surface area contributed by atoms with Gasteiger partial charge in [-0.2, -0.15) is 0 Å². The van der Waals surface area contributed by atoms with Gasteiger partial charge >= 0.3 is 0 Å². The van der Waals surface area contributed by atoms with Crippen molar-refractivity contribution in [2.24, 2.45) is 0 Å². The van der Waals surface area contributed by atoms with E-state index in [1.807, 2.05) is 55.6 Å². The van der Waals surface area contributed by atoms with E-state index in [1.165, 1.54) is 23.3 Å². The van der Waals surface area contributed by atoms with E-state index in [1.54, 1.807) is 19.2 Å². The Hall–Kier alpha value is -3.58. The highest BCUT2D eigenvalue weighted by molar-refractivity contribution is 7.11. The zero-order valence-electron chi connectivity index (χ0n) is 17.7. The number of methoxy groups -OCH3 is 2. The zero-order chi connectivity index (χ0) is 22.1. The van der Waals surface area contributed by atoms with E-state index in [0.29, 0.717) is 33.3 Å². The van der Waals surface area contributed by atoms with Crippen molar-refractivity contribution >= 4 is 40.1 Å². The number of amides is 2. The van der Waals surface area contributed by atoms with Gasteiger partial charge in [-0.3, -0.25) is 9.59 Å². The molecule has 0 aliphatic carbocycles. The second kappa shape index (κ2) is 8.28. The molecule has 0 fully saturated rings. The van der Waals surface area contributed by atoms with Crippen LogP contribution in [0, 0.1) is 13.8 Å². The molecule has 0 bridgehead atoms. The first-order chi connectivity index (χ1) is 14.9. The quantitative estimate of drug-likeness (QED) is 0.566. The van der Waals surface area contributed by atoms with Gasteiger partial charge in [0.1, 0.15) is 17.2 Å². The molecule has 0 radical (unpaired) electrons. The summed E-state index contributed by atoms with van der Waals surface area (Å²) in [5, 5.41) is 5.06. The summed E-state index contributed by atoms with van der Waals surface area (Å²) >= 11 is 1.40. The highest BCUT2D eigenvalue weighted by atomic mass is 32.1. The normalized spacial score (nSPS) is 13.7. The Kier molecular flexibility index (Phi) is 5.52. The predicted octanol–water partition coefficient (Wildman–Crippen LogP) is 4.78. The van der Waals surface area contributed by atoms with Crippen LogP contribution in [0.15, 0.2) is 59.6 Å². The fourth-order valence-electron chi connectivity index (χ4n) is 3.54. The predicted molar refractivity (Wildman–Crippen MR) is 123 cm³/mol. The van der Waals surface area contributed by atoms with E-state index >= 15 is 0 Å². The standard InChI is InChI=1S/C24H22N2O4S/c1-14-7-9-18(29-3)16(12-14)25-22-21(20-6-5-11-31-20)23(27)26(24(22)28)17-13-15(2)8-10-19(17)30-4/h5-13,25H,1-4H3. The number of carbonyl (C=O) groups is 2. The second-order valence-corrected chi connectivity index (χ2v) is 8.12. The Morgan fingerprint density at radius 3 is 2.19 bits per heavy atom. The molecule has 7 heteroatoms. The molecule has 1 aromatic heterocycles. The molecule has 0 atom stereocenters. The van der Waals surface area contributed by atoms with Crippen LogP contribution in [0.1, 0.15) is 16.0 Å². The van der Waals surface area contributed by atoms with Gasteiger partial charge in [0, 0.05) is 4.88 Å². The van der Waals surface area contributed by atoms with Crippen molar-refractivity contribution in [2.45, 2.75) is 13.8 Å². The third kappa shape index (κ3) is 3.68. The van der Waals surface area contributed by atoms with Crippen molar-refractivity contribution in [1.29, 1.82) is 0 Å². The number of anilines is 2. The molecule has 1 aliphatic rings. The molecule has 0 spiro atoms. The van der Waals surface area contributed by atoms with Gasteiger partial charge in [-0.15, -0.1) is 11.3 Å². The first kappa shape index (κ1) is 20.7. The molecule has 31 heavy (non-hydrogen) atoms. The van der Waals surface area contributed by atoms with Crippen molar-refractivity contribution in [3.63, 3.8) is 0 Å². The molecule has 3 aromatic rings. The first-order valence-electron chi connectivity index (χ1n) is 9.68. The lowest BCUT2D eigenvalue weighted by molar-refractivity contribution is -0.120. The number of nitrogens with one attached hydrogen (secondary N) is 1. The molecule has 2 aromatic carbocycles. The van der Waals surface area contributed by atoms with Crippen LogP contribution >= 0.6 is 11.3 Å². The lowest BCUT2D eigenvalue weighted by Crippen LogP contribution is -2.32. The van der Waals surface area contributed by atoms with Gasteiger partial charge in [0.25, 0.3) is 11.8 Å². The highest BCUT2D eigenvalue weighted by Crippen LogP contribution is 2.40. The topological polar surface area (TPSA) is 67.9 Å². The SMILES string of the molecule is COc1ccc(C)cc1NC1=C(c2cccs2)C(=O)N(c2cc(C)ccc2OC)C1=O. The smallest absolute Gasteiger partial charge is 0.282 e. The van der Waals surface area contributed by atoms with E-state index < -0.39 is 11.8 Å². The van der Waals surface area contributed by atoms with Crippen LogP contribution in [-0.4, -0.2) is 26.0 Å². The summed E-state index contributed by atoms with van der Waals surface area (Å²) < 4.78 is 10.9. The third-order valence-corrected chi connectivity index (χ3v) is 5.93. The van der Waals surface area contributed by atoms with Crippen molar-refractivity contribution in [2.75, 3.05) is 24.4 Å². The Balaban J connectivity index is 1.86. The van der Waals surface area contributed by atoms with Crippen molar-refractivity contribution < 1.29 is 19.1 Å². The fourth-order valence-corrected chi connectivity index (χ4v) is 4.31. The maximum absolute atomic E-state index is 13.6. The number of aryl methyl sites for hydroxylation is 2. The minimum absolute atomic E-state index is 0.208. The van der Waals surface area contributed by atoms with Crippen molar-refractivity contribution in [1.82, 2.24) is 0 Å². The van der Waals surface area contributed by atoms with E-state index in [0.717, 1.165) is 11.1 Å². The van der Waals surface area contributed by atoms with E-state index in [4.69, 9.17) is 9.47 Å². The molecule has 1 N–H and O–H groups in total. The molecular formula is C24H22N2O4S. The Bertz CT molecular complexity index is 1200. The van der Waals surface area contributed by atoms with Gasteiger partial charge in [-0.05, 0) is 60.7 Å². The summed E-state index contributed by atoms with van der Waals surface area (Å²) in [5.74, 6) is 0.189. The van der Waals surface area contributed by atoms with Crippen LogP contribution < -0.4 is 19.7 Å². The molecule has 0 saturated heterocycles. The molecule has 0 saturated carbocycles. The second-order valence-electron chi connectivity index (χ2n) is 7.18. The van der Waals surface area contributed by atoms with Gasteiger partial charge in [-0.25, -0.2) is 4.90 Å². The van der Waals surface area contributed by atoms with Gasteiger partial charge in [0.2, 0.25) is 0 Å². The Labute approximate surface area is 184 Å². The van der Waals surface area contributed by atoms with Crippen LogP contribution in [0.25, 0.3) is 5.57 Å². The van der Waals surface area contributed by atoms with E-state index in [2.05, 4.69) is 5.32 Å². The number of hydrogen-bond donors (Lipinski definition) is 1. The molecule has 0 unspecified atom stereocenters. The van der Waals surface area contributed by atoms with E-state index in [-0.39, 0.29) is 5.70 Å². The number of hydrogen-bond acceptors (Lipinski definition) is 6. The first-order valence-corrected chi connectivity index (χ1v) is 10.6. The fraction of sp³-hybridized carbons (Fsp3) is 0.167. The van der Waals surface area contributed by atoms with Crippen LogP contribution in [0.3, 0.4) is 0 Å². The summed E-state index contributed by atoms with van der Waals surface area (Å²) in [6.07, 6.45) is 0. The van der Waals surface area contributed by atoms with Crippen LogP contribution in [-0.2, 0) is 9.59 Å². The molecular weight excluding hydrogens is 412 g/mol. The molecule has 2 heterocycles. The molecule has 1 aliphatic heterocycles.